The molecule has 0 saturated carbocycles. The van der Waals surface area contributed by atoms with Crippen molar-refractivity contribution in [3.63, 3.8) is 0 Å². The summed E-state index contributed by atoms with van der Waals surface area (Å²) < 4.78 is 27.7. The van der Waals surface area contributed by atoms with Crippen molar-refractivity contribution in [2.45, 2.75) is 13.3 Å². The smallest absolute Gasteiger partial charge is 0.404 e. The molecule has 18 heavy (non-hydrogen) atoms. The van der Waals surface area contributed by atoms with Crippen LogP contribution in [-0.4, -0.2) is 19.1 Å². The molecule has 102 valence electrons. The molecule has 0 aromatic heterocycles. The molecule has 0 saturated heterocycles. The Morgan fingerprint density at radius 1 is 1.17 bits per heavy atom. The summed E-state index contributed by atoms with van der Waals surface area (Å²) in [5.74, 6) is 0.581. The van der Waals surface area contributed by atoms with Crippen molar-refractivity contribution in [2.24, 2.45) is 0 Å². The highest BCUT2D eigenvalue weighted by Gasteiger charge is 2.28. The van der Waals surface area contributed by atoms with Crippen LogP contribution in [-0.2, 0) is 13.6 Å². The topological polar surface area (TPSA) is 44.8 Å². The van der Waals surface area contributed by atoms with Crippen LogP contribution in [0.2, 0.25) is 5.02 Å². The maximum atomic E-state index is 12.2. The van der Waals surface area contributed by atoms with Crippen molar-refractivity contribution in [3.05, 3.63) is 29.3 Å². The van der Waals surface area contributed by atoms with Gasteiger partial charge in [0.1, 0.15) is 5.75 Å². The quantitative estimate of drug-likeness (QED) is 0.523. The van der Waals surface area contributed by atoms with E-state index in [9.17, 15) is 4.57 Å². The first-order valence-electron chi connectivity index (χ1n) is 5.50. The molecule has 4 nitrogen and oxygen atoms in total. The molecule has 0 aliphatic heterocycles. The van der Waals surface area contributed by atoms with Crippen LogP contribution in [0.15, 0.2) is 24.3 Å². The average molecular weight is 313 g/mol. The van der Waals surface area contributed by atoms with Crippen LogP contribution in [0.4, 0.5) is 0 Å². The fourth-order valence-electron chi connectivity index (χ4n) is 1.06. The molecule has 1 rings (SSSR count). The Morgan fingerprint density at radius 2 is 1.78 bits per heavy atom. The van der Waals surface area contributed by atoms with E-state index >= 15 is 0 Å². The zero-order valence-corrected chi connectivity index (χ0v) is 12.4. The molecule has 0 aliphatic rings. The number of phosphoric acid groups is 1. The first kappa shape index (κ1) is 15.8. The number of alkyl halides is 1. The summed E-state index contributed by atoms with van der Waals surface area (Å²) in [6.45, 7) is 2.28. The second kappa shape index (κ2) is 8.03. The Hall–Kier alpha value is -0.250. The fourth-order valence-corrected chi connectivity index (χ4v) is 2.66. The van der Waals surface area contributed by atoms with Crippen molar-refractivity contribution >= 4 is 31.0 Å². The van der Waals surface area contributed by atoms with Crippen LogP contribution in [0, 0.1) is 0 Å². The molecule has 7 heteroatoms. The van der Waals surface area contributed by atoms with Gasteiger partial charge in [0.2, 0.25) is 0 Å². The molecular formula is C11H15Cl2O4P. The Balaban J connectivity index is 2.70. The van der Waals surface area contributed by atoms with Gasteiger partial charge in [-0.3, -0.25) is 9.05 Å². The molecule has 1 aromatic rings. The SMILES string of the molecule is CCCOP(=O)(OCCCl)Oc1ccc(Cl)cc1. The summed E-state index contributed by atoms with van der Waals surface area (Å²) in [6, 6.07) is 6.44. The normalized spacial score (nSPS) is 14.2. The summed E-state index contributed by atoms with van der Waals surface area (Å²) in [7, 11) is -3.62. The maximum Gasteiger partial charge on any atom is 0.530 e. The molecule has 1 atom stereocenters. The molecule has 0 fully saturated rings. The minimum absolute atomic E-state index is 0.0934. The van der Waals surface area contributed by atoms with Crippen LogP contribution >= 0.6 is 31.0 Å². The van der Waals surface area contributed by atoms with Gasteiger partial charge >= 0.3 is 7.82 Å². The molecule has 0 bridgehead atoms. The van der Waals surface area contributed by atoms with E-state index in [1.165, 1.54) is 0 Å². The average Bonchev–Trinajstić information content (AvgIpc) is 2.37. The van der Waals surface area contributed by atoms with Gasteiger partial charge in [-0.25, -0.2) is 4.57 Å². The third-order valence-electron chi connectivity index (χ3n) is 1.81. The van der Waals surface area contributed by atoms with Crippen LogP contribution in [0.3, 0.4) is 0 Å². The van der Waals surface area contributed by atoms with E-state index in [-0.39, 0.29) is 19.1 Å². The Labute approximate surface area is 117 Å². The van der Waals surface area contributed by atoms with Gasteiger partial charge in [0.15, 0.2) is 0 Å². The van der Waals surface area contributed by atoms with Gasteiger partial charge in [0.25, 0.3) is 0 Å². The zero-order valence-electron chi connectivity index (χ0n) is 9.97. The lowest BCUT2D eigenvalue weighted by Crippen LogP contribution is -2.05. The molecule has 0 aliphatic carbocycles. The molecule has 0 radical (unpaired) electrons. The number of halogens is 2. The first-order valence-corrected chi connectivity index (χ1v) is 7.87. The predicted molar refractivity (Wildman–Crippen MR) is 72.6 cm³/mol. The van der Waals surface area contributed by atoms with Gasteiger partial charge in [0.05, 0.1) is 13.2 Å². The number of benzene rings is 1. The zero-order chi connectivity index (χ0) is 13.4. The molecule has 0 amide bonds. The van der Waals surface area contributed by atoms with Gasteiger partial charge in [-0.15, -0.1) is 11.6 Å². The Kier molecular flexibility index (Phi) is 7.05. The van der Waals surface area contributed by atoms with Gasteiger partial charge in [-0.05, 0) is 30.7 Å². The third kappa shape index (κ3) is 5.59. The molecule has 0 heterocycles. The third-order valence-corrected chi connectivity index (χ3v) is 3.65. The monoisotopic (exact) mass is 312 g/mol. The van der Waals surface area contributed by atoms with Crippen LogP contribution in [0.5, 0.6) is 5.75 Å². The van der Waals surface area contributed by atoms with Crippen molar-refractivity contribution in [1.29, 1.82) is 0 Å². The van der Waals surface area contributed by atoms with Crippen LogP contribution in [0.1, 0.15) is 13.3 Å². The van der Waals surface area contributed by atoms with E-state index in [1.807, 2.05) is 6.92 Å². The molecule has 0 spiro atoms. The number of hydrogen-bond acceptors (Lipinski definition) is 4. The summed E-state index contributed by atoms with van der Waals surface area (Å²) in [5.41, 5.74) is 0. The van der Waals surface area contributed by atoms with Crippen molar-refractivity contribution in [2.75, 3.05) is 19.1 Å². The molecule has 1 aromatic carbocycles. The van der Waals surface area contributed by atoms with Crippen LogP contribution < -0.4 is 4.52 Å². The number of rotatable bonds is 8. The van der Waals surface area contributed by atoms with E-state index in [1.54, 1.807) is 24.3 Å². The lowest BCUT2D eigenvalue weighted by atomic mass is 10.3. The molecular weight excluding hydrogens is 298 g/mol. The lowest BCUT2D eigenvalue weighted by Gasteiger charge is -2.17. The van der Waals surface area contributed by atoms with Gasteiger partial charge < -0.3 is 4.52 Å². The maximum absolute atomic E-state index is 12.2. The second-order valence-electron chi connectivity index (χ2n) is 3.35. The molecule has 0 N–H and O–H groups in total. The highest BCUT2D eigenvalue weighted by Crippen LogP contribution is 2.49. The Morgan fingerprint density at radius 3 is 2.33 bits per heavy atom. The summed E-state index contributed by atoms with van der Waals surface area (Å²) >= 11 is 11.2. The van der Waals surface area contributed by atoms with Crippen molar-refractivity contribution in [1.82, 2.24) is 0 Å². The van der Waals surface area contributed by atoms with E-state index < -0.39 is 7.82 Å². The van der Waals surface area contributed by atoms with Gasteiger partial charge in [-0.1, -0.05) is 18.5 Å². The highest BCUT2D eigenvalue weighted by atomic mass is 35.5. The van der Waals surface area contributed by atoms with E-state index in [2.05, 4.69) is 0 Å². The van der Waals surface area contributed by atoms with E-state index in [0.29, 0.717) is 17.2 Å². The summed E-state index contributed by atoms with van der Waals surface area (Å²) in [4.78, 5) is 0. The lowest BCUT2D eigenvalue weighted by molar-refractivity contribution is 0.162. The number of hydrogen-bond donors (Lipinski definition) is 0. The summed E-state index contributed by atoms with van der Waals surface area (Å²) in [6.07, 6.45) is 0.707. The van der Waals surface area contributed by atoms with E-state index in [4.69, 9.17) is 36.8 Å². The summed E-state index contributed by atoms with van der Waals surface area (Å²) in [5, 5.41) is 0.563. The highest BCUT2D eigenvalue weighted by molar-refractivity contribution is 7.48. The van der Waals surface area contributed by atoms with Crippen LogP contribution in [0.25, 0.3) is 0 Å². The van der Waals surface area contributed by atoms with Crippen molar-refractivity contribution < 1.29 is 18.1 Å². The predicted octanol–water partition coefficient (Wildman–Crippen LogP) is 4.51. The Bertz CT molecular complexity index is 385. The standard InChI is InChI=1S/C11H15Cl2O4P/c1-2-8-15-18(14,16-9-7-12)17-11-5-3-10(13)4-6-11/h3-6H,2,7-9H2,1H3. The van der Waals surface area contributed by atoms with E-state index in [0.717, 1.165) is 0 Å². The van der Waals surface area contributed by atoms with Gasteiger partial charge in [-0.2, -0.15) is 0 Å². The first-order chi connectivity index (χ1) is 8.59. The minimum Gasteiger partial charge on any atom is -0.404 e. The fraction of sp³-hybridized carbons (Fsp3) is 0.455. The van der Waals surface area contributed by atoms with Crippen molar-refractivity contribution in [3.8, 4) is 5.75 Å². The molecule has 1 unspecified atom stereocenters. The number of phosphoric ester groups is 1. The van der Waals surface area contributed by atoms with Gasteiger partial charge in [0, 0.05) is 10.9 Å². The largest absolute Gasteiger partial charge is 0.530 e. The second-order valence-corrected chi connectivity index (χ2v) is 5.76. The minimum atomic E-state index is -3.62.